The first-order valence-electron chi connectivity index (χ1n) is 31.7. The number of nitrogens with two attached hydrogens (primary N) is 2. The number of amides is 4. The first kappa shape index (κ1) is 69.7. The summed E-state index contributed by atoms with van der Waals surface area (Å²) < 4.78 is 62.3. The number of fused-ring (bicyclic) bond motifs is 2. The van der Waals surface area contributed by atoms with Gasteiger partial charge >= 0.3 is 12.1 Å². The molecular formula is C64H92Cl4N10O8S2. The van der Waals surface area contributed by atoms with Gasteiger partial charge in [0.25, 0.3) is 22.5 Å². The maximum Gasteiger partial charge on any atom is 0.314 e. The molecule has 2 aliphatic heterocycles. The SMILES string of the molecule is Cc1cc(N(CCCCCCCCNC(=O)NCCCCNC(=O)NCCCCCCCCN(c2ccc(O[C@H]3c4cc(Cl)cc(Cl)c4C[C@@H]3N3CCC[C@@H](N)C3)c(C)c2)S(=O)O)S(=O)O)ccc1O[C@H]1c2cc(Cl)cc(Cl)c2C[C@@H]1N1CCC[C@@H](N)C1. The number of piperidine rings is 2. The molecule has 0 spiro atoms. The second kappa shape index (κ2) is 35.0. The molecule has 2 fully saturated rings. The predicted octanol–water partition coefficient (Wildman–Crippen LogP) is 12.5. The number of hydrogen-bond donors (Lipinski definition) is 8. The molecule has 4 amide bonds. The number of aryl methyl sites for hydroxylation is 2. The van der Waals surface area contributed by atoms with E-state index in [-0.39, 0.29) is 48.4 Å². The minimum absolute atomic E-state index is 0.0559. The Balaban J connectivity index is 0.615. The highest BCUT2D eigenvalue weighted by Crippen LogP contribution is 2.46. The van der Waals surface area contributed by atoms with Gasteiger partial charge in [0.05, 0.1) is 23.5 Å². The number of anilines is 2. The van der Waals surface area contributed by atoms with Gasteiger partial charge in [-0.25, -0.2) is 18.0 Å². The average Bonchev–Trinajstić information content (AvgIpc) is 2.36. The van der Waals surface area contributed by atoms with Gasteiger partial charge in [-0.2, -0.15) is 0 Å². The Morgan fingerprint density at radius 3 is 1.25 bits per heavy atom. The average molecular weight is 1340 g/mol. The molecule has 4 aliphatic rings. The molecule has 2 aliphatic carbocycles. The zero-order valence-corrected chi connectivity index (χ0v) is 55.7. The van der Waals surface area contributed by atoms with E-state index >= 15 is 0 Å². The van der Waals surface area contributed by atoms with Gasteiger partial charge in [-0.15, -0.1) is 0 Å². The molecule has 2 unspecified atom stereocenters. The van der Waals surface area contributed by atoms with Crippen LogP contribution in [0.1, 0.15) is 161 Å². The molecule has 0 radical (unpaired) electrons. The van der Waals surface area contributed by atoms with Crippen LogP contribution in [-0.2, 0) is 35.4 Å². The fraction of sp³-hybridized carbons (Fsp3) is 0.594. The first-order chi connectivity index (χ1) is 42.4. The zero-order chi connectivity index (χ0) is 62.7. The van der Waals surface area contributed by atoms with Crippen LogP contribution < -0.4 is 50.8 Å². The van der Waals surface area contributed by atoms with Crippen LogP contribution in [0.15, 0.2) is 60.7 Å². The van der Waals surface area contributed by atoms with E-state index in [4.69, 9.17) is 67.3 Å². The summed E-state index contributed by atoms with van der Waals surface area (Å²) in [4.78, 5) is 29.5. The van der Waals surface area contributed by atoms with Crippen molar-refractivity contribution in [2.24, 2.45) is 11.5 Å². The number of carbonyl (C=O) groups is 2. The van der Waals surface area contributed by atoms with Gasteiger partial charge in [-0.05, 0) is 187 Å². The van der Waals surface area contributed by atoms with Gasteiger partial charge in [-0.1, -0.05) is 97.8 Å². The minimum atomic E-state index is -2.19. The van der Waals surface area contributed by atoms with Gasteiger partial charge < -0.3 is 42.2 Å². The molecule has 4 aromatic carbocycles. The summed E-state index contributed by atoms with van der Waals surface area (Å²) in [5.74, 6) is 1.40. The number of nitrogens with zero attached hydrogens (tertiary/aromatic N) is 4. The van der Waals surface area contributed by atoms with E-state index in [0.29, 0.717) is 82.2 Å². The van der Waals surface area contributed by atoms with Crippen molar-refractivity contribution in [2.75, 3.05) is 74.1 Å². The number of hydrogen-bond acceptors (Lipinski definition) is 10. The molecule has 4 aromatic rings. The van der Waals surface area contributed by atoms with Crippen molar-refractivity contribution >= 4 is 92.4 Å². The number of unbranched alkanes of at least 4 members (excludes halogenated alkanes) is 11. The third kappa shape index (κ3) is 20.2. The Hall–Kier alpha value is -4.16. The van der Waals surface area contributed by atoms with Gasteiger partial charge in [0.2, 0.25) is 0 Å². The Morgan fingerprint density at radius 2 is 0.898 bits per heavy atom. The zero-order valence-electron chi connectivity index (χ0n) is 51.1. The van der Waals surface area contributed by atoms with Crippen LogP contribution in [0, 0.1) is 13.8 Å². The summed E-state index contributed by atoms with van der Waals surface area (Å²) in [6.07, 6.45) is 17.4. The van der Waals surface area contributed by atoms with Gasteiger partial charge in [0.15, 0.2) is 0 Å². The fourth-order valence-electron chi connectivity index (χ4n) is 12.9. The van der Waals surface area contributed by atoms with Crippen molar-refractivity contribution in [1.82, 2.24) is 31.1 Å². The smallest absolute Gasteiger partial charge is 0.314 e. The van der Waals surface area contributed by atoms with E-state index in [9.17, 15) is 27.1 Å². The molecule has 24 heteroatoms. The Kier molecular flexibility index (Phi) is 27.8. The maximum absolute atomic E-state index is 12.5. The predicted molar refractivity (Wildman–Crippen MR) is 358 cm³/mol. The number of likely N-dealkylation sites (tertiary alicyclic amines) is 2. The molecule has 2 heterocycles. The molecule has 2 saturated heterocycles. The van der Waals surface area contributed by atoms with E-state index in [1.807, 2.05) is 62.4 Å². The summed E-state index contributed by atoms with van der Waals surface area (Å²) in [6, 6.07) is 18.7. The van der Waals surface area contributed by atoms with E-state index in [1.54, 1.807) is 12.1 Å². The lowest BCUT2D eigenvalue weighted by Crippen LogP contribution is -2.49. The Bertz CT molecular complexity index is 2800. The lowest BCUT2D eigenvalue weighted by atomic mass is 10.0. The number of benzene rings is 4. The molecule has 0 aromatic heterocycles. The molecule has 0 bridgehead atoms. The lowest BCUT2D eigenvalue weighted by molar-refractivity contribution is 0.0589. The monoisotopic (exact) mass is 1330 g/mol. The number of urea groups is 2. The van der Waals surface area contributed by atoms with Crippen LogP contribution >= 0.6 is 46.4 Å². The highest BCUT2D eigenvalue weighted by molar-refractivity contribution is 7.81. The van der Waals surface area contributed by atoms with E-state index in [1.165, 1.54) is 8.61 Å². The molecule has 88 heavy (non-hydrogen) atoms. The Labute approximate surface area is 546 Å². The maximum atomic E-state index is 12.5. The molecular weight excluding hydrogens is 1240 g/mol. The van der Waals surface area contributed by atoms with Gasteiger partial charge in [-0.3, -0.25) is 27.5 Å². The second-order valence-corrected chi connectivity index (χ2v) is 27.7. The van der Waals surface area contributed by atoms with Gasteiger partial charge in [0.1, 0.15) is 23.7 Å². The summed E-state index contributed by atoms with van der Waals surface area (Å²) in [5, 5.41) is 14.0. The molecule has 18 nitrogen and oxygen atoms in total. The van der Waals surface area contributed by atoms with Crippen molar-refractivity contribution in [1.29, 1.82) is 0 Å². The number of nitrogens with one attached hydrogen (secondary N) is 4. The van der Waals surface area contributed by atoms with Crippen LogP contribution in [-0.4, -0.2) is 129 Å². The second-order valence-electron chi connectivity index (χ2n) is 24.2. The van der Waals surface area contributed by atoms with E-state index < -0.39 is 22.5 Å². The van der Waals surface area contributed by atoms with Crippen LogP contribution in [0.2, 0.25) is 20.1 Å². The van der Waals surface area contributed by atoms with E-state index in [0.717, 1.165) is 188 Å². The molecule has 486 valence electrons. The third-order valence-corrected chi connectivity index (χ3v) is 20.2. The largest absolute Gasteiger partial charge is 0.484 e. The number of carbonyl (C=O) groups excluding carboxylic acids is 2. The third-order valence-electron chi connectivity index (χ3n) is 17.5. The normalized spacial score (nSPS) is 20.8. The molecule has 10 N–H and O–H groups in total. The van der Waals surface area contributed by atoms with Crippen molar-refractivity contribution in [3.63, 3.8) is 0 Å². The number of ether oxygens (including phenoxy) is 2. The highest BCUT2D eigenvalue weighted by Gasteiger charge is 2.43. The number of rotatable bonds is 33. The summed E-state index contributed by atoms with van der Waals surface area (Å²) in [5.41, 5.74) is 19.9. The lowest BCUT2D eigenvalue weighted by Gasteiger charge is -2.38. The van der Waals surface area contributed by atoms with Crippen LogP contribution in [0.3, 0.4) is 0 Å². The van der Waals surface area contributed by atoms with E-state index in [2.05, 4.69) is 31.1 Å². The summed E-state index contributed by atoms with van der Waals surface area (Å²) in [6.45, 7) is 10.4. The molecule has 0 saturated carbocycles. The fourth-order valence-corrected chi connectivity index (χ4v) is 15.2. The first-order valence-corrected chi connectivity index (χ1v) is 35.4. The molecule has 8 atom stereocenters. The van der Waals surface area contributed by atoms with Gasteiger partial charge in [0, 0.05) is 95.7 Å². The summed E-state index contributed by atoms with van der Waals surface area (Å²) in [7, 11) is 0. The minimum Gasteiger partial charge on any atom is -0.484 e. The van der Waals surface area contributed by atoms with Crippen molar-refractivity contribution in [3.05, 3.63) is 114 Å². The topological polar surface area (TPSA) is 240 Å². The van der Waals surface area contributed by atoms with Crippen LogP contribution in [0.25, 0.3) is 0 Å². The van der Waals surface area contributed by atoms with Crippen molar-refractivity contribution in [3.8, 4) is 11.5 Å². The van der Waals surface area contributed by atoms with Crippen LogP contribution in [0.5, 0.6) is 11.5 Å². The standard InChI is InChI=1S/C64H92Cl4N10O8S2/c1-43-33-49(21-23-59(43)85-61-53-35-45(65)37-55(67)51(53)39-57(61)75-29-17-19-47(69)41-75)77(87(81)82)31-15-9-5-3-7-11-25-71-63(79)73-27-13-14-28-74-64(80)72-26-12-8-4-6-10-16-32-78(88(83)84)50-22-24-60(44(2)34-50)86-62-54-36-46(66)38-56(68)52(54)40-58(62)76-30-18-20-48(70)42-76/h21-24,33-38,47-48,57-58,61-62H,3-20,25-32,39-42,69-70H2,1-2H3,(H,81,82)(H,83,84)(H2,71,73,79)(H2,72,74,80)/t47-,48-,57+,58+,61+,62+/m1/s1. The number of halogens is 4. The molecule has 8 rings (SSSR count). The Morgan fingerprint density at radius 1 is 0.545 bits per heavy atom. The van der Waals surface area contributed by atoms with Crippen molar-refractivity contribution < 1.29 is 36.6 Å². The van der Waals surface area contributed by atoms with Crippen molar-refractivity contribution in [2.45, 2.75) is 179 Å². The quantitative estimate of drug-likeness (QED) is 0.0164. The summed E-state index contributed by atoms with van der Waals surface area (Å²) >= 11 is 22.0. The van der Waals surface area contributed by atoms with Crippen LogP contribution in [0.4, 0.5) is 21.0 Å². The highest BCUT2D eigenvalue weighted by atomic mass is 35.5.